The SMILES string of the molecule is c1ccc2c(c1)Oc1ccc(-c3ccc(-c4cccc5oc6ccc7ccccc7c6c45)s3)c3cccc-2c13. The van der Waals surface area contributed by atoms with Gasteiger partial charge in [0, 0.05) is 37.0 Å². The summed E-state index contributed by atoms with van der Waals surface area (Å²) < 4.78 is 12.7. The molecule has 2 nitrogen and oxygen atoms in total. The molecule has 39 heavy (non-hydrogen) atoms. The maximum atomic E-state index is 6.34. The third-order valence-corrected chi connectivity index (χ3v) is 9.08. The Morgan fingerprint density at radius 1 is 0.410 bits per heavy atom. The summed E-state index contributed by atoms with van der Waals surface area (Å²) in [6.45, 7) is 0. The largest absolute Gasteiger partial charge is 0.456 e. The Balaban J connectivity index is 1.26. The summed E-state index contributed by atoms with van der Waals surface area (Å²) in [4.78, 5) is 2.47. The lowest BCUT2D eigenvalue weighted by Crippen LogP contribution is -1.97. The molecule has 8 aromatic rings. The average Bonchev–Trinajstić information content (AvgIpc) is 3.63. The zero-order chi connectivity index (χ0) is 25.5. The molecule has 9 rings (SSSR count). The first-order chi connectivity index (χ1) is 19.3. The highest BCUT2D eigenvalue weighted by Crippen LogP contribution is 2.50. The van der Waals surface area contributed by atoms with E-state index in [1.807, 2.05) is 23.5 Å². The van der Waals surface area contributed by atoms with Gasteiger partial charge in [-0.2, -0.15) is 0 Å². The van der Waals surface area contributed by atoms with Crippen molar-refractivity contribution in [2.45, 2.75) is 0 Å². The molecule has 0 aliphatic carbocycles. The Hall–Kier alpha value is -4.86. The molecule has 0 atom stereocenters. The normalized spacial score (nSPS) is 12.3. The third-order valence-electron chi connectivity index (χ3n) is 7.92. The lowest BCUT2D eigenvalue weighted by atomic mass is 9.92. The van der Waals surface area contributed by atoms with Gasteiger partial charge >= 0.3 is 0 Å². The fourth-order valence-electron chi connectivity index (χ4n) is 6.22. The zero-order valence-electron chi connectivity index (χ0n) is 20.8. The predicted molar refractivity (Wildman–Crippen MR) is 163 cm³/mol. The van der Waals surface area contributed by atoms with E-state index in [-0.39, 0.29) is 0 Å². The highest BCUT2D eigenvalue weighted by Gasteiger charge is 2.22. The minimum Gasteiger partial charge on any atom is -0.456 e. The predicted octanol–water partition coefficient (Wildman–Crippen LogP) is 11.1. The number of ether oxygens (including phenoxy) is 1. The molecule has 0 saturated carbocycles. The lowest BCUT2D eigenvalue weighted by Gasteiger charge is -2.22. The summed E-state index contributed by atoms with van der Waals surface area (Å²) in [7, 11) is 0. The van der Waals surface area contributed by atoms with Crippen LogP contribution in [0, 0.1) is 0 Å². The van der Waals surface area contributed by atoms with Crippen molar-refractivity contribution in [2.24, 2.45) is 0 Å². The van der Waals surface area contributed by atoms with Crippen molar-refractivity contribution < 1.29 is 9.15 Å². The number of rotatable bonds is 2. The van der Waals surface area contributed by atoms with Gasteiger partial charge in [-0.1, -0.05) is 78.9 Å². The molecule has 0 N–H and O–H groups in total. The Bertz CT molecular complexity index is 2270. The molecular weight excluding hydrogens is 496 g/mol. The van der Waals surface area contributed by atoms with Gasteiger partial charge in [-0.25, -0.2) is 0 Å². The monoisotopic (exact) mass is 516 g/mol. The molecule has 3 heteroatoms. The molecule has 3 heterocycles. The standard InChI is InChI=1S/C36H20O2S/c1-2-8-22-21(7-1)15-17-31-35(22)36-27(12-6-14-29(36)38-31)33-20-19-32(39-33)24-16-18-30-34-25(10-5-11-26(24)34)23-9-3-4-13-28(23)37-30/h1-20H. The molecule has 0 radical (unpaired) electrons. The molecule has 2 aromatic heterocycles. The summed E-state index contributed by atoms with van der Waals surface area (Å²) in [5.74, 6) is 1.83. The summed E-state index contributed by atoms with van der Waals surface area (Å²) in [6.07, 6.45) is 0. The van der Waals surface area contributed by atoms with Gasteiger partial charge in [-0.15, -0.1) is 11.3 Å². The van der Waals surface area contributed by atoms with Crippen molar-refractivity contribution in [1.29, 1.82) is 0 Å². The fourth-order valence-corrected chi connectivity index (χ4v) is 7.29. The van der Waals surface area contributed by atoms with E-state index >= 15 is 0 Å². The van der Waals surface area contributed by atoms with E-state index in [4.69, 9.17) is 9.15 Å². The van der Waals surface area contributed by atoms with Crippen LogP contribution < -0.4 is 4.74 Å². The van der Waals surface area contributed by atoms with Crippen LogP contribution in [-0.2, 0) is 0 Å². The minimum atomic E-state index is 0.914. The van der Waals surface area contributed by atoms with Crippen molar-refractivity contribution >= 4 is 54.8 Å². The Morgan fingerprint density at radius 3 is 2.13 bits per heavy atom. The minimum absolute atomic E-state index is 0.914. The van der Waals surface area contributed by atoms with Gasteiger partial charge in [-0.3, -0.25) is 0 Å². The first kappa shape index (κ1) is 21.1. The summed E-state index contributed by atoms with van der Waals surface area (Å²) in [5.41, 5.74) is 6.65. The van der Waals surface area contributed by atoms with Crippen LogP contribution in [0.4, 0.5) is 0 Å². The van der Waals surface area contributed by atoms with E-state index in [9.17, 15) is 0 Å². The molecule has 0 fully saturated rings. The Morgan fingerprint density at radius 2 is 1.15 bits per heavy atom. The van der Waals surface area contributed by atoms with Gasteiger partial charge < -0.3 is 9.15 Å². The van der Waals surface area contributed by atoms with E-state index in [0.29, 0.717) is 0 Å². The third kappa shape index (κ3) is 2.96. The number of benzene rings is 6. The average molecular weight is 517 g/mol. The van der Waals surface area contributed by atoms with Crippen LogP contribution in [-0.4, -0.2) is 0 Å². The van der Waals surface area contributed by atoms with Crippen LogP contribution in [0.1, 0.15) is 0 Å². The molecule has 6 aromatic carbocycles. The molecule has 0 unspecified atom stereocenters. The summed E-state index contributed by atoms with van der Waals surface area (Å²) >= 11 is 1.83. The van der Waals surface area contributed by atoms with Gasteiger partial charge in [0.25, 0.3) is 0 Å². The second-order valence-corrected chi connectivity index (χ2v) is 11.1. The lowest BCUT2D eigenvalue weighted by molar-refractivity contribution is 0.487. The number of hydrogen-bond acceptors (Lipinski definition) is 3. The van der Waals surface area contributed by atoms with E-state index in [1.54, 1.807) is 0 Å². The Labute approximate surface area is 228 Å². The van der Waals surface area contributed by atoms with Gasteiger partial charge in [0.05, 0.1) is 0 Å². The van der Waals surface area contributed by atoms with Crippen LogP contribution in [0.2, 0.25) is 0 Å². The van der Waals surface area contributed by atoms with E-state index in [1.165, 1.54) is 58.8 Å². The fraction of sp³-hybridized carbons (Fsp3) is 0. The molecule has 0 bridgehead atoms. The van der Waals surface area contributed by atoms with Crippen molar-refractivity contribution in [2.75, 3.05) is 0 Å². The number of fused-ring (bicyclic) bond motifs is 7. The van der Waals surface area contributed by atoms with Crippen LogP contribution in [0.15, 0.2) is 126 Å². The van der Waals surface area contributed by atoms with Gasteiger partial charge in [0.2, 0.25) is 0 Å². The van der Waals surface area contributed by atoms with Gasteiger partial charge in [0.15, 0.2) is 0 Å². The van der Waals surface area contributed by atoms with Crippen LogP contribution in [0.25, 0.3) is 75.5 Å². The maximum Gasteiger partial charge on any atom is 0.136 e. The van der Waals surface area contributed by atoms with E-state index in [0.717, 1.165) is 28.2 Å². The molecule has 1 aliphatic rings. The maximum absolute atomic E-state index is 6.34. The number of furan rings is 1. The Kier molecular flexibility index (Phi) is 4.24. The summed E-state index contributed by atoms with van der Waals surface area (Å²) in [6, 6.07) is 42.9. The van der Waals surface area contributed by atoms with E-state index in [2.05, 4.69) is 109 Å². The molecule has 0 spiro atoms. The van der Waals surface area contributed by atoms with Crippen molar-refractivity contribution in [3.8, 4) is 43.5 Å². The van der Waals surface area contributed by atoms with Crippen LogP contribution in [0.3, 0.4) is 0 Å². The number of thiophene rings is 1. The smallest absolute Gasteiger partial charge is 0.136 e. The molecule has 182 valence electrons. The summed E-state index contributed by atoms with van der Waals surface area (Å²) in [5, 5.41) is 7.21. The van der Waals surface area contributed by atoms with Gasteiger partial charge in [-0.05, 0) is 69.8 Å². The molecule has 1 aliphatic heterocycles. The quantitative estimate of drug-likeness (QED) is 0.228. The zero-order valence-corrected chi connectivity index (χ0v) is 21.6. The highest BCUT2D eigenvalue weighted by atomic mass is 32.1. The van der Waals surface area contributed by atoms with Crippen LogP contribution in [0.5, 0.6) is 11.5 Å². The van der Waals surface area contributed by atoms with Gasteiger partial charge in [0.1, 0.15) is 22.7 Å². The second kappa shape index (κ2) is 7.83. The number of hydrogen-bond donors (Lipinski definition) is 0. The second-order valence-electron chi connectivity index (χ2n) is 10.0. The molecular formula is C36H20O2S. The topological polar surface area (TPSA) is 22.4 Å². The van der Waals surface area contributed by atoms with Crippen LogP contribution >= 0.6 is 11.3 Å². The van der Waals surface area contributed by atoms with Crippen molar-refractivity contribution in [3.63, 3.8) is 0 Å². The highest BCUT2D eigenvalue weighted by molar-refractivity contribution is 7.19. The molecule has 0 saturated heterocycles. The van der Waals surface area contributed by atoms with Crippen molar-refractivity contribution in [3.05, 3.63) is 121 Å². The van der Waals surface area contributed by atoms with E-state index < -0.39 is 0 Å². The first-order valence-corrected chi connectivity index (χ1v) is 13.9. The van der Waals surface area contributed by atoms with Crippen molar-refractivity contribution in [1.82, 2.24) is 0 Å². The molecule has 0 amide bonds. The number of para-hydroxylation sites is 1. The first-order valence-electron chi connectivity index (χ1n) is 13.1.